The van der Waals surface area contributed by atoms with Crippen molar-refractivity contribution in [2.24, 2.45) is 0 Å². The van der Waals surface area contributed by atoms with Crippen LogP contribution >= 0.6 is 0 Å². The maximum absolute atomic E-state index is 9.00. The van der Waals surface area contributed by atoms with Gasteiger partial charge >= 0.3 is 17.4 Å². The molecule has 1 N–H and O–H groups in total. The molecule has 0 aliphatic carbocycles. The third kappa shape index (κ3) is 1130. The number of hydrogen-bond acceptors (Lipinski definition) is 4. The van der Waals surface area contributed by atoms with Gasteiger partial charge < -0.3 is 19.5 Å². The summed E-state index contributed by atoms with van der Waals surface area (Å²) in [4.78, 5) is 35.0. The van der Waals surface area contributed by atoms with Crippen LogP contribution in [0.2, 0.25) is 0 Å². The zero-order valence-electron chi connectivity index (χ0n) is 8.49. The summed E-state index contributed by atoms with van der Waals surface area (Å²) in [5, 5.41) is 7.42. The molecule has 0 aromatic heterocycles. The second-order valence-corrected chi connectivity index (χ2v) is 1.13. The summed E-state index contributed by atoms with van der Waals surface area (Å²) in [7, 11) is 0. The van der Waals surface area contributed by atoms with Crippen LogP contribution in [0.5, 0.6) is 0 Å². The summed E-state index contributed by atoms with van der Waals surface area (Å²) in [6.07, 6.45) is 4.50. The number of carboxylic acids is 1. The summed E-state index contributed by atoms with van der Waals surface area (Å²) >= 11 is 0. The van der Waals surface area contributed by atoms with E-state index in [1.165, 1.54) is 39.6 Å². The maximum atomic E-state index is 9.00. The van der Waals surface area contributed by atoms with Crippen molar-refractivity contribution in [3.8, 4) is 0 Å². The molecule has 0 rings (SSSR count). The van der Waals surface area contributed by atoms with Crippen molar-refractivity contribution in [2.45, 2.75) is 27.7 Å². The number of carboxylic acid groups (broad SMARTS) is 1. The largest absolute Gasteiger partial charge is 3.00 e. The summed E-state index contributed by atoms with van der Waals surface area (Å²) in [5.74, 6) is -0.833. The number of aliphatic carboxylic acids is 1. The van der Waals surface area contributed by atoms with Crippen LogP contribution in [0.1, 0.15) is 27.7 Å². The molecule has 0 aliphatic rings. The van der Waals surface area contributed by atoms with Gasteiger partial charge in [0.1, 0.15) is 0 Å². The Bertz CT molecular complexity index is 107. The Morgan fingerprint density at radius 3 is 0.929 bits per heavy atom. The van der Waals surface area contributed by atoms with Crippen LogP contribution < -0.4 is 0 Å². The Morgan fingerprint density at radius 2 is 0.929 bits per heavy atom. The smallest absolute Gasteiger partial charge is 0.542 e. The zero-order chi connectivity index (χ0) is 11.7. The third-order valence-corrected chi connectivity index (χ3v) is 0. The van der Waals surface area contributed by atoms with Gasteiger partial charge in [0.15, 0.2) is 0 Å². The second-order valence-electron chi connectivity index (χ2n) is 1.13. The van der Waals surface area contributed by atoms with Crippen molar-refractivity contribution in [3.63, 3.8) is 0 Å². The van der Waals surface area contributed by atoms with Gasteiger partial charge in [-0.05, 0) is 0 Å². The van der Waals surface area contributed by atoms with Gasteiger partial charge in [-0.1, -0.05) is 0 Å². The van der Waals surface area contributed by atoms with E-state index in [4.69, 9.17) is 24.3 Å². The Labute approximate surface area is 94.6 Å². The van der Waals surface area contributed by atoms with Crippen molar-refractivity contribution in [1.82, 2.24) is 0 Å². The molecule has 0 fully saturated rings. The van der Waals surface area contributed by atoms with E-state index >= 15 is 0 Å². The fourth-order valence-corrected chi connectivity index (χ4v) is 0. The van der Waals surface area contributed by atoms with E-state index < -0.39 is 5.97 Å². The van der Waals surface area contributed by atoms with Crippen LogP contribution in [-0.2, 0) is 36.5 Å². The van der Waals surface area contributed by atoms with Crippen LogP contribution in [0.4, 0.5) is 0 Å². The molecule has 0 aromatic rings. The third-order valence-electron chi connectivity index (χ3n) is 0. The molecule has 6 heteroatoms. The molecule has 0 saturated heterocycles. The quantitative estimate of drug-likeness (QED) is 0.621. The molecule has 14 heavy (non-hydrogen) atoms. The number of rotatable bonds is 0. The summed E-state index contributed by atoms with van der Waals surface area (Å²) < 4.78 is 0. The van der Waals surface area contributed by atoms with Crippen LogP contribution in [0.3, 0.4) is 0 Å². The number of hydrogen-bond donors (Lipinski definition) is 1. The Kier molecular flexibility index (Phi) is 121. The first-order chi connectivity index (χ1) is 5.97. The summed E-state index contributed by atoms with van der Waals surface area (Å²) in [6, 6.07) is 0. The van der Waals surface area contributed by atoms with Crippen LogP contribution in [0.15, 0.2) is 0 Å². The molecular weight excluding hydrogens is 228 g/mol. The van der Waals surface area contributed by atoms with Gasteiger partial charge in [0, 0.05) is 6.92 Å². The van der Waals surface area contributed by atoms with Crippen molar-refractivity contribution >= 4 is 24.8 Å². The molecule has 0 aromatic carbocycles. The van der Waals surface area contributed by atoms with Crippen LogP contribution in [0.25, 0.3) is 0 Å². The van der Waals surface area contributed by atoms with Crippen molar-refractivity contribution in [1.29, 1.82) is 0 Å². The predicted octanol–water partition coefficient (Wildman–Crippen LogP) is 0.436. The first-order valence-electron chi connectivity index (χ1n) is 3.04. The molecule has 0 aliphatic heterocycles. The SMILES string of the molecule is CC(=O)O.C[C-]=O.C[C-]=O.C[C-]=O.[Cr+3]. The summed E-state index contributed by atoms with van der Waals surface area (Å²) in [5.41, 5.74) is 0. The second kappa shape index (κ2) is 58.0. The Balaban J connectivity index is -0.0000000254. The standard InChI is InChI=1S/C2H4O2.3C2H3O.Cr/c1-2(3)4;3*1-2-3;/h1H3,(H,3,4);3*1H3;/q;3*-1;+3. The van der Waals surface area contributed by atoms with Gasteiger partial charge in [-0.2, -0.15) is 20.8 Å². The summed E-state index contributed by atoms with van der Waals surface area (Å²) in [6.45, 7) is 5.04. The Morgan fingerprint density at radius 1 is 0.929 bits per heavy atom. The van der Waals surface area contributed by atoms with Gasteiger partial charge in [-0.3, -0.25) is 23.7 Å². The first kappa shape index (κ1) is 29.2. The van der Waals surface area contributed by atoms with E-state index in [9.17, 15) is 0 Å². The molecular formula is C8H13CrO5. The van der Waals surface area contributed by atoms with Gasteiger partial charge in [0.25, 0.3) is 5.97 Å². The van der Waals surface area contributed by atoms with E-state index in [2.05, 4.69) is 0 Å². The Hall–Kier alpha value is -0.988. The van der Waals surface area contributed by atoms with Gasteiger partial charge in [0.2, 0.25) is 0 Å². The fourth-order valence-electron chi connectivity index (χ4n) is 0. The fraction of sp³-hybridized carbons (Fsp3) is 0.500. The molecule has 0 bridgehead atoms. The molecule has 0 amide bonds. The molecule has 0 heterocycles. The molecule has 0 atom stereocenters. The van der Waals surface area contributed by atoms with Gasteiger partial charge in [-0.25, -0.2) is 0 Å². The predicted molar refractivity (Wildman–Crippen MR) is 47.4 cm³/mol. The average molecular weight is 241 g/mol. The van der Waals surface area contributed by atoms with Gasteiger partial charge in [0.05, 0.1) is 0 Å². The number of carbonyl (C=O) groups excluding carboxylic acids is 3. The average Bonchev–Trinajstić information content (AvgIpc) is 1.88. The minimum Gasteiger partial charge on any atom is -0.542 e. The molecule has 0 saturated carbocycles. The van der Waals surface area contributed by atoms with E-state index in [-0.39, 0.29) is 17.4 Å². The van der Waals surface area contributed by atoms with Crippen LogP contribution in [0, 0.1) is 0 Å². The molecule has 0 spiro atoms. The van der Waals surface area contributed by atoms with Gasteiger partial charge in [-0.15, -0.1) is 0 Å². The molecule has 5 nitrogen and oxygen atoms in total. The van der Waals surface area contributed by atoms with E-state index in [1.54, 1.807) is 0 Å². The van der Waals surface area contributed by atoms with Crippen molar-refractivity contribution in [2.75, 3.05) is 0 Å². The maximum Gasteiger partial charge on any atom is 3.00 e. The minimum atomic E-state index is -0.833. The minimum absolute atomic E-state index is 0. The normalized spacial score (nSPS) is 4.57. The molecule has 81 valence electrons. The van der Waals surface area contributed by atoms with Crippen molar-refractivity contribution < 1.29 is 41.6 Å². The topological polar surface area (TPSA) is 88.5 Å². The van der Waals surface area contributed by atoms with E-state index in [1.807, 2.05) is 0 Å². The van der Waals surface area contributed by atoms with E-state index in [0.717, 1.165) is 6.92 Å². The van der Waals surface area contributed by atoms with Crippen LogP contribution in [-0.4, -0.2) is 29.9 Å². The zero-order valence-corrected chi connectivity index (χ0v) is 9.76. The molecule has 0 unspecified atom stereocenters. The van der Waals surface area contributed by atoms with E-state index in [0.29, 0.717) is 0 Å². The number of carbonyl (C=O) groups is 1. The first-order valence-corrected chi connectivity index (χ1v) is 3.04. The monoisotopic (exact) mass is 241 g/mol. The molecule has 1 radical (unpaired) electrons. The van der Waals surface area contributed by atoms with Crippen molar-refractivity contribution in [3.05, 3.63) is 0 Å².